The molecular weight excluding hydrogens is 388 g/mol. The number of aromatic nitrogens is 1. The van der Waals surface area contributed by atoms with E-state index in [9.17, 15) is 4.79 Å². The molecule has 3 nitrogen and oxygen atoms in total. The fourth-order valence-electron chi connectivity index (χ4n) is 3.84. The van der Waals surface area contributed by atoms with Gasteiger partial charge in [0, 0.05) is 26.7 Å². The minimum atomic E-state index is 0.0129. The SMILES string of the molecule is Cc1cccc(C)c1NC(=O)CSc1c2c(nc3ccc(Cl)cc13)CCCC2. The highest BCUT2D eigenvalue weighted by atomic mass is 35.5. The predicted octanol–water partition coefficient (Wildman–Crippen LogP) is 6.11. The average molecular weight is 411 g/mol. The molecule has 0 atom stereocenters. The van der Waals surface area contributed by atoms with Crippen molar-refractivity contribution in [2.75, 3.05) is 11.1 Å². The number of aryl methyl sites for hydroxylation is 3. The smallest absolute Gasteiger partial charge is 0.234 e. The summed E-state index contributed by atoms with van der Waals surface area (Å²) in [7, 11) is 0. The van der Waals surface area contributed by atoms with Gasteiger partial charge in [-0.2, -0.15) is 0 Å². The van der Waals surface area contributed by atoms with Gasteiger partial charge in [-0.3, -0.25) is 9.78 Å². The number of thioether (sulfide) groups is 1. The van der Waals surface area contributed by atoms with Gasteiger partial charge in [-0.15, -0.1) is 11.8 Å². The molecule has 5 heteroatoms. The number of carbonyl (C=O) groups excluding carboxylic acids is 1. The van der Waals surface area contributed by atoms with Crippen LogP contribution in [-0.4, -0.2) is 16.6 Å². The van der Waals surface area contributed by atoms with Gasteiger partial charge in [0.05, 0.1) is 11.3 Å². The van der Waals surface area contributed by atoms with Crippen LogP contribution in [0.2, 0.25) is 5.02 Å². The third-order valence-electron chi connectivity index (χ3n) is 5.26. The maximum absolute atomic E-state index is 12.7. The highest BCUT2D eigenvalue weighted by molar-refractivity contribution is 8.00. The van der Waals surface area contributed by atoms with Crippen LogP contribution in [0.3, 0.4) is 0 Å². The highest BCUT2D eigenvalue weighted by Crippen LogP contribution is 2.37. The van der Waals surface area contributed by atoms with Crippen LogP contribution in [0.1, 0.15) is 35.2 Å². The summed E-state index contributed by atoms with van der Waals surface area (Å²) in [5.41, 5.74) is 6.51. The number of rotatable bonds is 4. The predicted molar refractivity (Wildman–Crippen MR) is 119 cm³/mol. The largest absolute Gasteiger partial charge is 0.325 e. The molecule has 28 heavy (non-hydrogen) atoms. The second kappa shape index (κ2) is 8.14. The molecule has 3 aromatic rings. The molecule has 4 rings (SSSR count). The minimum absolute atomic E-state index is 0.0129. The van der Waals surface area contributed by atoms with Crippen molar-refractivity contribution < 1.29 is 4.79 Å². The number of fused-ring (bicyclic) bond motifs is 2. The van der Waals surface area contributed by atoms with Gasteiger partial charge in [0.15, 0.2) is 0 Å². The Hall–Kier alpha value is -2.04. The van der Waals surface area contributed by atoms with Gasteiger partial charge in [-0.05, 0) is 74.4 Å². The molecule has 1 aliphatic rings. The number of anilines is 1. The molecule has 2 aromatic carbocycles. The van der Waals surface area contributed by atoms with Crippen molar-refractivity contribution in [3.05, 3.63) is 63.8 Å². The maximum Gasteiger partial charge on any atom is 0.234 e. The van der Waals surface area contributed by atoms with Gasteiger partial charge in [0.25, 0.3) is 0 Å². The first-order valence-electron chi connectivity index (χ1n) is 9.63. The second-order valence-electron chi connectivity index (χ2n) is 7.34. The second-order valence-corrected chi connectivity index (χ2v) is 8.76. The van der Waals surface area contributed by atoms with E-state index in [2.05, 4.69) is 5.32 Å². The Bertz CT molecular complexity index is 1040. The molecule has 1 amide bonds. The van der Waals surface area contributed by atoms with Crippen molar-refractivity contribution in [2.24, 2.45) is 0 Å². The Morgan fingerprint density at radius 2 is 1.89 bits per heavy atom. The van der Waals surface area contributed by atoms with E-state index in [1.807, 2.05) is 50.2 Å². The highest BCUT2D eigenvalue weighted by Gasteiger charge is 2.20. The number of nitrogens with zero attached hydrogens (tertiary/aromatic N) is 1. The first-order chi connectivity index (χ1) is 13.5. The monoisotopic (exact) mass is 410 g/mol. The van der Waals surface area contributed by atoms with Gasteiger partial charge < -0.3 is 5.32 Å². The molecule has 0 unspecified atom stereocenters. The van der Waals surface area contributed by atoms with E-state index in [-0.39, 0.29) is 5.91 Å². The lowest BCUT2D eigenvalue weighted by Crippen LogP contribution is -2.16. The van der Waals surface area contributed by atoms with E-state index in [0.717, 1.165) is 40.6 Å². The van der Waals surface area contributed by atoms with Gasteiger partial charge >= 0.3 is 0 Å². The van der Waals surface area contributed by atoms with Crippen molar-refractivity contribution in [3.63, 3.8) is 0 Å². The normalized spacial score (nSPS) is 13.4. The molecule has 0 radical (unpaired) electrons. The van der Waals surface area contributed by atoms with Crippen LogP contribution >= 0.6 is 23.4 Å². The number of hydrogen-bond acceptors (Lipinski definition) is 3. The average Bonchev–Trinajstić information content (AvgIpc) is 2.68. The number of nitrogens with one attached hydrogen (secondary N) is 1. The number of benzene rings is 2. The molecule has 1 aromatic heterocycles. The first-order valence-corrected chi connectivity index (χ1v) is 11.0. The van der Waals surface area contributed by atoms with Crippen molar-refractivity contribution in [1.82, 2.24) is 4.98 Å². The Kier molecular flexibility index (Phi) is 5.61. The van der Waals surface area contributed by atoms with E-state index < -0.39 is 0 Å². The molecule has 0 spiro atoms. The summed E-state index contributed by atoms with van der Waals surface area (Å²) in [6, 6.07) is 11.9. The summed E-state index contributed by atoms with van der Waals surface area (Å²) in [6.07, 6.45) is 4.38. The summed E-state index contributed by atoms with van der Waals surface area (Å²) >= 11 is 7.86. The van der Waals surface area contributed by atoms with E-state index in [0.29, 0.717) is 10.8 Å². The molecule has 0 bridgehead atoms. The lowest BCUT2D eigenvalue weighted by molar-refractivity contribution is -0.113. The number of halogens is 1. The third-order valence-corrected chi connectivity index (χ3v) is 6.66. The van der Waals surface area contributed by atoms with Crippen molar-refractivity contribution >= 4 is 45.9 Å². The zero-order valence-corrected chi connectivity index (χ0v) is 17.7. The van der Waals surface area contributed by atoms with Gasteiger partial charge in [-0.25, -0.2) is 0 Å². The summed E-state index contributed by atoms with van der Waals surface area (Å²) in [5.74, 6) is 0.380. The zero-order valence-electron chi connectivity index (χ0n) is 16.1. The fourth-order valence-corrected chi connectivity index (χ4v) is 5.08. The molecule has 1 heterocycles. The maximum atomic E-state index is 12.7. The number of pyridine rings is 1. The molecule has 144 valence electrons. The van der Waals surface area contributed by atoms with Crippen LogP contribution in [0.15, 0.2) is 41.3 Å². The number of amides is 1. The molecule has 1 aliphatic carbocycles. The van der Waals surface area contributed by atoms with Crippen LogP contribution in [0.5, 0.6) is 0 Å². The Morgan fingerprint density at radius 3 is 2.68 bits per heavy atom. The number of hydrogen-bond donors (Lipinski definition) is 1. The summed E-state index contributed by atoms with van der Waals surface area (Å²) in [4.78, 5) is 18.7. The zero-order chi connectivity index (χ0) is 19.7. The van der Waals surface area contributed by atoms with E-state index in [1.54, 1.807) is 11.8 Å². The Labute approximate surface area is 174 Å². The molecule has 0 saturated heterocycles. The van der Waals surface area contributed by atoms with Crippen LogP contribution in [0.4, 0.5) is 5.69 Å². The Morgan fingerprint density at radius 1 is 1.14 bits per heavy atom. The Balaban J connectivity index is 1.62. The molecule has 0 aliphatic heterocycles. The minimum Gasteiger partial charge on any atom is -0.325 e. The molecule has 0 fully saturated rings. The summed E-state index contributed by atoms with van der Waals surface area (Å²) in [5, 5.41) is 4.84. The molecular formula is C23H23ClN2OS. The van der Waals surface area contributed by atoms with E-state index >= 15 is 0 Å². The number of para-hydroxylation sites is 1. The number of carbonyl (C=O) groups is 1. The molecule has 1 N–H and O–H groups in total. The van der Waals surface area contributed by atoms with E-state index in [1.165, 1.54) is 29.0 Å². The van der Waals surface area contributed by atoms with Crippen LogP contribution in [-0.2, 0) is 17.6 Å². The summed E-state index contributed by atoms with van der Waals surface area (Å²) < 4.78 is 0. The lowest BCUT2D eigenvalue weighted by atomic mass is 9.94. The van der Waals surface area contributed by atoms with Crippen molar-refractivity contribution in [1.29, 1.82) is 0 Å². The van der Waals surface area contributed by atoms with Gasteiger partial charge in [-0.1, -0.05) is 29.8 Å². The third kappa shape index (κ3) is 3.89. The lowest BCUT2D eigenvalue weighted by Gasteiger charge is -2.20. The first kappa shape index (κ1) is 19.3. The fraction of sp³-hybridized carbons (Fsp3) is 0.304. The van der Waals surface area contributed by atoms with Crippen molar-refractivity contribution in [3.8, 4) is 0 Å². The quantitative estimate of drug-likeness (QED) is 0.527. The van der Waals surface area contributed by atoms with Crippen LogP contribution < -0.4 is 5.32 Å². The van der Waals surface area contributed by atoms with E-state index in [4.69, 9.17) is 16.6 Å². The van der Waals surface area contributed by atoms with Crippen LogP contribution in [0.25, 0.3) is 10.9 Å². The topological polar surface area (TPSA) is 42.0 Å². The molecule has 0 saturated carbocycles. The van der Waals surface area contributed by atoms with Gasteiger partial charge in [0.2, 0.25) is 5.91 Å². The van der Waals surface area contributed by atoms with Crippen molar-refractivity contribution in [2.45, 2.75) is 44.4 Å². The van der Waals surface area contributed by atoms with Gasteiger partial charge in [0.1, 0.15) is 0 Å². The van der Waals surface area contributed by atoms with Crippen LogP contribution in [0, 0.1) is 13.8 Å². The standard InChI is InChI=1S/C23H23ClN2OS/c1-14-6-5-7-15(2)22(14)26-21(27)13-28-23-17-8-3-4-9-19(17)25-20-11-10-16(24)12-18(20)23/h5-7,10-12H,3-4,8-9,13H2,1-2H3,(H,26,27). The summed E-state index contributed by atoms with van der Waals surface area (Å²) in [6.45, 7) is 4.04.